The van der Waals surface area contributed by atoms with Crippen LogP contribution in [0.15, 0.2) is 66.7 Å². The van der Waals surface area contributed by atoms with Crippen LogP contribution in [-0.4, -0.2) is 35.4 Å². The highest BCUT2D eigenvalue weighted by atomic mass is 35.5. The van der Waals surface area contributed by atoms with E-state index in [2.05, 4.69) is 5.32 Å². The van der Waals surface area contributed by atoms with Crippen molar-refractivity contribution in [2.45, 2.75) is 52.7 Å². The number of nitrogens with one attached hydrogen (secondary N) is 1. The molecule has 1 atom stereocenters. The average Bonchev–Trinajstić information content (AvgIpc) is 2.84. The number of hydrogen-bond acceptors (Lipinski definition) is 3. The zero-order valence-corrected chi connectivity index (χ0v) is 22.6. The van der Waals surface area contributed by atoms with E-state index in [1.165, 1.54) is 0 Å². The predicted molar refractivity (Wildman–Crippen MR) is 146 cm³/mol. The highest BCUT2D eigenvalue weighted by molar-refractivity contribution is 6.42. The highest BCUT2D eigenvalue weighted by Gasteiger charge is 2.31. The lowest BCUT2D eigenvalue weighted by molar-refractivity contribution is -0.143. The quantitative estimate of drug-likeness (QED) is 0.344. The molecule has 7 heteroatoms. The molecule has 0 heterocycles. The molecule has 0 aliphatic heterocycles. The van der Waals surface area contributed by atoms with Gasteiger partial charge in [0.1, 0.15) is 11.8 Å². The van der Waals surface area contributed by atoms with Gasteiger partial charge in [-0.05, 0) is 68.1 Å². The van der Waals surface area contributed by atoms with Gasteiger partial charge in [-0.2, -0.15) is 0 Å². The van der Waals surface area contributed by atoms with Crippen molar-refractivity contribution in [1.82, 2.24) is 10.2 Å². The second-order valence-electron chi connectivity index (χ2n) is 9.20. The van der Waals surface area contributed by atoms with Gasteiger partial charge < -0.3 is 15.0 Å². The molecule has 3 rings (SSSR count). The summed E-state index contributed by atoms with van der Waals surface area (Å²) in [4.78, 5) is 28.6. The van der Waals surface area contributed by atoms with Crippen molar-refractivity contribution in [2.24, 2.45) is 0 Å². The molecule has 1 N–H and O–H groups in total. The summed E-state index contributed by atoms with van der Waals surface area (Å²) in [5, 5.41) is 3.79. The van der Waals surface area contributed by atoms with Gasteiger partial charge in [0.25, 0.3) is 5.91 Å². The lowest BCUT2D eigenvalue weighted by Crippen LogP contribution is -2.52. The molecule has 0 saturated heterocycles. The predicted octanol–water partition coefficient (Wildman–Crippen LogP) is 6.15. The smallest absolute Gasteiger partial charge is 0.261 e. The third-order valence-corrected chi connectivity index (χ3v) is 6.47. The van der Waals surface area contributed by atoms with E-state index in [0.29, 0.717) is 22.2 Å². The van der Waals surface area contributed by atoms with Crippen LogP contribution in [0.4, 0.5) is 0 Å². The number of hydrogen-bond donors (Lipinski definition) is 1. The second kappa shape index (κ2) is 12.8. The van der Waals surface area contributed by atoms with Gasteiger partial charge in [0, 0.05) is 19.0 Å². The number of nitrogens with zero attached hydrogens (tertiary/aromatic N) is 1. The number of aryl methyl sites for hydroxylation is 2. The molecule has 0 bridgehead atoms. The molecule has 2 amide bonds. The molecule has 190 valence electrons. The summed E-state index contributed by atoms with van der Waals surface area (Å²) in [6, 6.07) is 19.9. The van der Waals surface area contributed by atoms with Crippen molar-refractivity contribution < 1.29 is 14.3 Å². The molecule has 3 aromatic rings. The van der Waals surface area contributed by atoms with Crippen LogP contribution in [0.3, 0.4) is 0 Å². The van der Waals surface area contributed by atoms with E-state index < -0.39 is 6.04 Å². The SMILES string of the molecule is Cc1ccc(C)c(OCC(=O)N(Cc2ccc(Cl)c(Cl)c2)C(Cc2ccccc2)C(=O)NC(C)C)c1. The highest BCUT2D eigenvalue weighted by Crippen LogP contribution is 2.25. The van der Waals surface area contributed by atoms with Crippen molar-refractivity contribution in [3.05, 3.63) is 99.0 Å². The summed E-state index contributed by atoms with van der Waals surface area (Å²) in [6.45, 7) is 7.66. The van der Waals surface area contributed by atoms with E-state index in [4.69, 9.17) is 27.9 Å². The van der Waals surface area contributed by atoms with Gasteiger partial charge in [-0.3, -0.25) is 9.59 Å². The standard InChI is InChI=1S/C29H32Cl2N2O3/c1-19(2)32-29(35)26(16-22-8-6-5-7-9-22)33(17-23-12-13-24(30)25(31)15-23)28(34)18-36-27-14-20(3)10-11-21(27)4/h5-15,19,26H,16-18H2,1-4H3,(H,32,35). The van der Waals surface area contributed by atoms with Crippen molar-refractivity contribution in [2.75, 3.05) is 6.61 Å². The Kier molecular flexibility index (Phi) is 9.80. The molecule has 0 aliphatic rings. The summed E-state index contributed by atoms with van der Waals surface area (Å²) in [5.41, 5.74) is 3.68. The van der Waals surface area contributed by atoms with E-state index in [0.717, 1.165) is 22.3 Å². The first kappa shape index (κ1) is 27.6. The van der Waals surface area contributed by atoms with E-state index in [1.807, 2.05) is 76.2 Å². The fourth-order valence-corrected chi connectivity index (χ4v) is 4.18. The molecule has 0 spiro atoms. The number of amides is 2. The van der Waals surface area contributed by atoms with Crippen LogP contribution >= 0.6 is 23.2 Å². The van der Waals surface area contributed by atoms with Gasteiger partial charge in [-0.15, -0.1) is 0 Å². The van der Waals surface area contributed by atoms with E-state index in [1.54, 1.807) is 23.1 Å². The fraction of sp³-hybridized carbons (Fsp3) is 0.310. The van der Waals surface area contributed by atoms with Crippen LogP contribution in [0.2, 0.25) is 10.0 Å². The molecular formula is C29H32Cl2N2O3. The van der Waals surface area contributed by atoms with Gasteiger partial charge in [-0.1, -0.05) is 71.7 Å². The summed E-state index contributed by atoms with van der Waals surface area (Å²) in [6.07, 6.45) is 0.357. The first-order valence-electron chi connectivity index (χ1n) is 11.9. The van der Waals surface area contributed by atoms with Gasteiger partial charge in [0.2, 0.25) is 5.91 Å². The molecule has 36 heavy (non-hydrogen) atoms. The summed E-state index contributed by atoms with van der Waals surface area (Å²) >= 11 is 12.4. The minimum absolute atomic E-state index is 0.0797. The van der Waals surface area contributed by atoms with E-state index >= 15 is 0 Å². The van der Waals surface area contributed by atoms with Gasteiger partial charge >= 0.3 is 0 Å². The maximum atomic E-state index is 13.7. The summed E-state index contributed by atoms with van der Waals surface area (Å²) in [5.74, 6) is 0.111. The number of carbonyl (C=O) groups excluding carboxylic acids is 2. The molecule has 0 radical (unpaired) electrons. The molecule has 0 fully saturated rings. The Balaban J connectivity index is 1.94. The second-order valence-corrected chi connectivity index (χ2v) is 10.0. The Morgan fingerprint density at radius 2 is 1.64 bits per heavy atom. The third kappa shape index (κ3) is 7.74. The Morgan fingerprint density at radius 3 is 2.31 bits per heavy atom. The van der Waals surface area contributed by atoms with Crippen LogP contribution in [0, 0.1) is 13.8 Å². The zero-order valence-electron chi connectivity index (χ0n) is 21.1. The summed E-state index contributed by atoms with van der Waals surface area (Å²) < 4.78 is 5.93. The number of halogens is 2. The Hall–Kier alpha value is -3.02. The molecule has 0 aliphatic carbocycles. The van der Waals surface area contributed by atoms with Crippen LogP contribution in [0.25, 0.3) is 0 Å². The maximum Gasteiger partial charge on any atom is 0.261 e. The van der Waals surface area contributed by atoms with Gasteiger partial charge in [-0.25, -0.2) is 0 Å². The van der Waals surface area contributed by atoms with E-state index in [-0.39, 0.29) is 31.0 Å². The topological polar surface area (TPSA) is 58.6 Å². The number of ether oxygens (including phenoxy) is 1. The Bertz CT molecular complexity index is 1200. The molecule has 5 nitrogen and oxygen atoms in total. The normalized spacial score (nSPS) is 11.8. The van der Waals surface area contributed by atoms with Crippen LogP contribution in [0.1, 0.15) is 36.1 Å². The summed E-state index contributed by atoms with van der Waals surface area (Å²) in [7, 11) is 0. The first-order chi connectivity index (χ1) is 17.1. The van der Waals surface area contributed by atoms with E-state index in [9.17, 15) is 9.59 Å². The molecule has 0 saturated carbocycles. The third-order valence-electron chi connectivity index (χ3n) is 5.73. The maximum absolute atomic E-state index is 13.7. The molecule has 1 unspecified atom stereocenters. The van der Waals surface area contributed by atoms with Crippen LogP contribution in [0.5, 0.6) is 5.75 Å². The molecule has 3 aromatic carbocycles. The van der Waals surface area contributed by atoms with Gasteiger partial charge in [0.15, 0.2) is 6.61 Å². The monoisotopic (exact) mass is 526 g/mol. The number of carbonyl (C=O) groups is 2. The van der Waals surface area contributed by atoms with Crippen LogP contribution in [-0.2, 0) is 22.6 Å². The Morgan fingerprint density at radius 1 is 0.917 bits per heavy atom. The minimum Gasteiger partial charge on any atom is -0.483 e. The average molecular weight is 527 g/mol. The first-order valence-corrected chi connectivity index (χ1v) is 12.7. The van der Waals surface area contributed by atoms with Crippen molar-refractivity contribution in [3.63, 3.8) is 0 Å². The zero-order chi connectivity index (χ0) is 26.2. The largest absolute Gasteiger partial charge is 0.483 e. The number of rotatable bonds is 10. The lowest BCUT2D eigenvalue weighted by atomic mass is 10.0. The van der Waals surface area contributed by atoms with Crippen molar-refractivity contribution >= 4 is 35.0 Å². The fourth-order valence-electron chi connectivity index (χ4n) is 3.85. The molecule has 0 aromatic heterocycles. The van der Waals surface area contributed by atoms with Crippen LogP contribution < -0.4 is 10.1 Å². The minimum atomic E-state index is -0.751. The van der Waals surface area contributed by atoms with Gasteiger partial charge in [0.05, 0.1) is 10.0 Å². The number of benzene rings is 3. The molecular weight excluding hydrogens is 495 g/mol. The van der Waals surface area contributed by atoms with Crippen molar-refractivity contribution in [1.29, 1.82) is 0 Å². The van der Waals surface area contributed by atoms with Crippen molar-refractivity contribution in [3.8, 4) is 5.75 Å². The lowest BCUT2D eigenvalue weighted by Gasteiger charge is -2.32. The Labute approximate surface area is 223 Å².